The van der Waals surface area contributed by atoms with Crippen LogP contribution in [0.3, 0.4) is 0 Å². The van der Waals surface area contributed by atoms with Crippen molar-refractivity contribution in [3.8, 4) is 11.4 Å². The summed E-state index contributed by atoms with van der Waals surface area (Å²) in [6, 6.07) is 1.87. The summed E-state index contributed by atoms with van der Waals surface area (Å²) >= 11 is 0. The van der Waals surface area contributed by atoms with Gasteiger partial charge in [0.25, 0.3) is 0 Å². The number of likely N-dealkylation sites (tertiary alicyclic amines) is 1. The average molecular weight is 328 g/mol. The highest BCUT2D eigenvalue weighted by molar-refractivity contribution is 5.78. The van der Waals surface area contributed by atoms with E-state index < -0.39 is 0 Å². The average Bonchev–Trinajstić information content (AvgIpc) is 3.07. The van der Waals surface area contributed by atoms with Gasteiger partial charge >= 0.3 is 0 Å². The quantitative estimate of drug-likeness (QED) is 0.820. The number of hydrogen-bond acceptors (Lipinski definition) is 5. The highest BCUT2D eigenvalue weighted by Crippen LogP contribution is 2.23. The SMILES string of the molecule is Cc1nn(C)c(C)c1-c1nccc(NCCCN2CCCC2=O)n1. The second-order valence-electron chi connectivity index (χ2n) is 6.20. The van der Waals surface area contributed by atoms with Crippen LogP contribution in [0.2, 0.25) is 0 Å². The molecule has 1 aliphatic heterocycles. The van der Waals surface area contributed by atoms with E-state index in [2.05, 4.69) is 20.4 Å². The first-order valence-electron chi connectivity index (χ1n) is 8.41. The van der Waals surface area contributed by atoms with Gasteiger partial charge in [-0.3, -0.25) is 9.48 Å². The van der Waals surface area contributed by atoms with Crippen LogP contribution >= 0.6 is 0 Å². The molecule has 2 aromatic rings. The van der Waals surface area contributed by atoms with Crippen molar-refractivity contribution in [2.24, 2.45) is 7.05 Å². The molecule has 3 rings (SSSR count). The highest BCUT2D eigenvalue weighted by atomic mass is 16.2. The van der Waals surface area contributed by atoms with Crippen LogP contribution < -0.4 is 5.32 Å². The molecular formula is C17H24N6O. The molecule has 0 unspecified atom stereocenters. The molecule has 7 heteroatoms. The van der Waals surface area contributed by atoms with Crippen LogP contribution in [-0.2, 0) is 11.8 Å². The Balaban J connectivity index is 1.60. The molecule has 1 aliphatic rings. The van der Waals surface area contributed by atoms with E-state index in [-0.39, 0.29) is 5.91 Å². The van der Waals surface area contributed by atoms with E-state index >= 15 is 0 Å². The topological polar surface area (TPSA) is 75.9 Å². The summed E-state index contributed by atoms with van der Waals surface area (Å²) in [5.74, 6) is 1.77. The molecule has 7 nitrogen and oxygen atoms in total. The van der Waals surface area contributed by atoms with Crippen molar-refractivity contribution in [2.75, 3.05) is 25.0 Å². The first-order valence-corrected chi connectivity index (χ1v) is 8.41. The number of aromatic nitrogens is 4. The number of anilines is 1. The molecule has 0 aliphatic carbocycles. The summed E-state index contributed by atoms with van der Waals surface area (Å²) in [5.41, 5.74) is 2.97. The van der Waals surface area contributed by atoms with Crippen LogP contribution in [-0.4, -0.2) is 50.2 Å². The van der Waals surface area contributed by atoms with Crippen molar-refractivity contribution in [1.29, 1.82) is 0 Å². The second-order valence-corrected chi connectivity index (χ2v) is 6.20. The van der Waals surface area contributed by atoms with Gasteiger partial charge < -0.3 is 10.2 Å². The summed E-state index contributed by atoms with van der Waals surface area (Å²) in [6.07, 6.45) is 4.37. The van der Waals surface area contributed by atoms with Crippen molar-refractivity contribution in [3.05, 3.63) is 23.7 Å². The summed E-state index contributed by atoms with van der Waals surface area (Å²) in [5, 5.41) is 7.75. The standard InChI is InChI=1S/C17H24N6O/c1-12-16(13(2)22(3)21-12)17-19-9-7-14(20-17)18-8-5-11-23-10-4-6-15(23)24/h7,9H,4-6,8,10-11H2,1-3H3,(H,18,19,20). The maximum Gasteiger partial charge on any atom is 0.222 e. The zero-order valence-electron chi connectivity index (χ0n) is 14.5. The number of rotatable bonds is 6. The van der Waals surface area contributed by atoms with Crippen molar-refractivity contribution in [3.63, 3.8) is 0 Å². The normalized spacial score (nSPS) is 14.5. The Bertz CT molecular complexity index is 739. The molecule has 1 amide bonds. The summed E-state index contributed by atoms with van der Waals surface area (Å²) in [7, 11) is 1.92. The third-order valence-electron chi connectivity index (χ3n) is 4.47. The van der Waals surface area contributed by atoms with Gasteiger partial charge in [-0.05, 0) is 32.8 Å². The lowest BCUT2D eigenvalue weighted by molar-refractivity contribution is -0.127. The lowest BCUT2D eigenvalue weighted by atomic mass is 10.2. The third-order valence-corrected chi connectivity index (χ3v) is 4.47. The van der Waals surface area contributed by atoms with Gasteiger partial charge in [-0.25, -0.2) is 9.97 Å². The summed E-state index contributed by atoms with van der Waals surface area (Å²) < 4.78 is 1.85. The number of carbonyl (C=O) groups excluding carboxylic acids is 1. The maximum atomic E-state index is 11.6. The minimum Gasteiger partial charge on any atom is -0.370 e. The zero-order chi connectivity index (χ0) is 17.1. The van der Waals surface area contributed by atoms with Gasteiger partial charge in [0.1, 0.15) is 5.82 Å². The Hall–Kier alpha value is -2.44. The molecule has 3 heterocycles. The molecule has 0 radical (unpaired) electrons. The lowest BCUT2D eigenvalue weighted by Crippen LogP contribution is -2.27. The Labute approximate surface area is 142 Å². The molecular weight excluding hydrogens is 304 g/mol. The molecule has 24 heavy (non-hydrogen) atoms. The van der Waals surface area contributed by atoms with Crippen molar-refractivity contribution >= 4 is 11.7 Å². The first kappa shape index (κ1) is 16.4. The molecule has 1 fully saturated rings. The van der Waals surface area contributed by atoms with Gasteiger partial charge in [0.05, 0.1) is 11.3 Å². The van der Waals surface area contributed by atoms with E-state index in [4.69, 9.17) is 0 Å². The van der Waals surface area contributed by atoms with Gasteiger partial charge in [-0.15, -0.1) is 0 Å². The van der Waals surface area contributed by atoms with E-state index in [1.165, 1.54) is 0 Å². The Morgan fingerprint density at radius 2 is 2.17 bits per heavy atom. The predicted molar refractivity (Wildman–Crippen MR) is 92.6 cm³/mol. The minimum absolute atomic E-state index is 0.279. The molecule has 1 N–H and O–H groups in total. The molecule has 0 aromatic carbocycles. The second kappa shape index (κ2) is 6.98. The fourth-order valence-corrected chi connectivity index (χ4v) is 3.10. The van der Waals surface area contributed by atoms with E-state index in [1.807, 2.05) is 36.5 Å². The van der Waals surface area contributed by atoms with Crippen molar-refractivity contribution in [2.45, 2.75) is 33.1 Å². The number of carbonyl (C=O) groups is 1. The Kier molecular flexibility index (Phi) is 4.78. The first-order chi connectivity index (χ1) is 11.6. The Morgan fingerprint density at radius 1 is 1.33 bits per heavy atom. The molecule has 128 valence electrons. The van der Waals surface area contributed by atoms with Crippen LogP contribution in [0.25, 0.3) is 11.4 Å². The number of aryl methyl sites for hydroxylation is 2. The van der Waals surface area contributed by atoms with Gasteiger partial charge in [-0.1, -0.05) is 0 Å². The van der Waals surface area contributed by atoms with Gasteiger partial charge in [0.2, 0.25) is 5.91 Å². The minimum atomic E-state index is 0.279. The molecule has 0 saturated carbocycles. The third kappa shape index (κ3) is 3.39. The van der Waals surface area contributed by atoms with Crippen molar-refractivity contribution in [1.82, 2.24) is 24.6 Å². The number of amides is 1. The van der Waals surface area contributed by atoms with E-state index in [9.17, 15) is 4.79 Å². The number of nitrogens with zero attached hydrogens (tertiary/aromatic N) is 5. The highest BCUT2D eigenvalue weighted by Gasteiger charge is 2.19. The smallest absolute Gasteiger partial charge is 0.222 e. The largest absolute Gasteiger partial charge is 0.370 e. The van der Waals surface area contributed by atoms with E-state index in [0.717, 1.165) is 55.2 Å². The predicted octanol–water partition coefficient (Wildman–Crippen LogP) is 1.92. The summed E-state index contributed by atoms with van der Waals surface area (Å²) in [4.78, 5) is 22.5. The monoisotopic (exact) mass is 328 g/mol. The fraction of sp³-hybridized carbons (Fsp3) is 0.529. The van der Waals surface area contributed by atoms with Crippen LogP contribution in [0.1, 0.15) is 30.7 Å². The molecule has 0 spiro atoms. The van der Waals surface area contributed by atoms with Gasteiger partial charge in [0.15, 0.2) is 5.82 Å². The van der Waals surface area contributed by atoms with E-state index in [1.54, 1.807) is 6.20 Å². The zero-order valence-corrected chi connectivity index (χ0v) is 14.5. The van der Waals surface area contributed by atoms with Crippen LogP contribution in [0.15, 0.2) is 12.3 Å². The summed E-state index contributed by atoms with van der Waals surface area (Å²) in [6.45, 7) is 6.48. The van der Waals surface area contributed by atoms with Crippen LogP contribution in [0.5, 0.6) is 0 Å². The van der Waals surface area contributed by atoms with Crippen LogP contribution in [0, 0.1) is 13.8 Å². The van der Waals surface area contributed by atoms with E-state index in [0.29, 0.717) is 12.2 Å². The number of hydrogen-bond donors (Lipinski definition) is 1. The van der Waals surface area contributed by atoms with Crippen LogP contribution in [0.4, 0.5) is 5.82 Å². The Morgan fingerprint density at radius 3 is 2.83 bits per heavy atom. The molecule has 0 bridgehead atoms. The maximum absolute atomic E-state index is 11.6. The number of nitrogens with one attached hydrogen (secondary N) is 1. The fourth-order valence-electron chi connectivity index (χ4n) is 3.10. The van der Waals surface area contributed by atoms with Gasteiger partial charge in [0, 0.05) is 45.0 Å². The molecule has 2 aromatic heterocycles. The molecule has 0 atom stereocenters. The van der Waals surface area contributed by atoms with Crippen molar-refractivity contribution < 1.29 is 4.79 Å². The molecule has 1 saturated heterocycles. The van der Waals surface area contributed by atoms with Gasteiger partial charge in [-0.2, -0.15) is 5.10 Å². The lowest BCUT2D eigenvalue weighted by Gasteiger charge is -2.15.